The molecule has 30 heavy (non-hydrogen) atoms. The van der Waals surface area contributed by atoms with Crippen LogP contribution in [0.25, 0.3) is 0 Å². The number of nitrogens with zero attached hydrogens (tertiary/aromatic N) is 2. The summed E-state index contributed by atoms with van der Waals surface area (Å²) in [6, 6.07) is 0.431. The predicted octanol–water partition coefficient (Wildman–Crippen LogP) is 8.83. The van der Waals surface area contributed by atoms with Gasteiger partial charge >= 0.3 is 0 Å². The van der Waals surface area contributed by atoms with Crippen molar-refractivity contribution in [3.05, 3.63) is 12.3 Å². The number of amides is 1. The SMILES string of the molecule is C=C(CCCCCC)N(/C=N\C(=O)CC)C(CCCCCCC)CCCCCCC. The molecule has 176 valence electrons. The first-order valence-corrected chi connectivity index (χ1v) is 13.1. The first-order chi connectivity index (χ1) is 14.6. The van der Waals surface area contributed by atoms with Crippen molar-refractivity contribution in [2.24, 2.45) is 4.99 Å². The summed E-state index contributed by atoms with van der Waals surface area (Å²) in [5, 5.41) is 0. The Labute approximate surface area is 188 Å². The molecule has 0 saturated heterocycles. The third-order valence-electron chi connectivity index (χ3n) is 5.99. The fraction of sp³-hybridized carbons (Fsp3) is 0.852. The molecule has 0 rings (SSSR count). The lowest BCUT2D eigenvalue weighted by atomic mass is 9.98. The first kappa shape index (κ1) is 28.9. The molecule has 0 aromatic carbocycles. The molecule has 1 amide bonds. The maximum atomic E-state index is 11.9. The molecule has 3 heteroatoms. The van der Waals surface area contributed by atoms with E-state index in [0.717, 1.165) is 12.1 Å². The van der Waals surface area contributed by atoms with Gasteiger partial charge in [-0.1, -0.05) is 118 Å². The number of rotatable bonds is 21. The molecule has 0 heterocycles. The Morgan fingerprint density at radius 1 is 0.767 bits per heavy atom. The Morgan fingerprint density at radius 3 is 1.70 bits per heavy atom. The highest BCUT2D eigenvalue weighted by Gasteiger charge is 2.18. The normalized spacial score (nSPS) is 11.5. The smallest absolute Gasteiger partial charge is 0.246 e. The zero-order valence-corrected chi connectivity index (χ0v) is 20.9. The predicted molar refractivity (Wildman–Crippen MR) is 134 cm³/mol. The van der Waals surface area contributed by atoms with Gasteiger partial charge in [-0.25, -0.2) is 4.99 Å². The van der Waals surface area contributed by atoms with Gasteiger partial charge in [-0.05, 0) is 25.7 Å². The lowest BCUT2D eigenvalue weighted by Crippen LogP contribution is -2.34. The van der Waals surface area contributed by atoms with Gasteiger partial charge in [-0.2, -0.15) is 0 Å². The number of carbonyl (C=O) groups is 1. The van der Waals surface area contributed by atoms with Crippen LogP contribution in [-0.4, -0.2) is 23.2 Å². The minimum absolute atomic E-state index is 0.0385. The molecule has 0 unspecified atom stereocenters. The maximum Gasteiger partial charge on any atom is 0.246 e. The summed E-state index contributed by atoms with van der Waals surface area (Å²) in [6.07, 6.45) is 23.7. The molecule has 0 aromatic rings. The van der Waals surface area contributed by atoms with E-state index in [1.165, 1.54) is 103 Å². The van der Waals surface area contributed by atoms with E-state index in [2.05, 4.69) is 37.2 Å². The molecule has 0 aromatic heterocycles. The van der Waals surface area contributed by atoms with Crippen LogP contribution in [0.3, 0.4) is 0 Å². The van der Waals surface area contributed by atoms with Crippen LogP contribution in [0.2, 0.25) is 0 Å². The largest absolute Gasteiger partial charge is 0.334 e. The second kappa shape index (κ2) is 21.1. The summed E-state index contributed by atoms with van der Waals surface area (Å²) in [7, 11) is 0. The van der Waals surface area contributed by atoms with Gasteiger partial charge in [0.05, 0.1) is 6.34 Å². The quantitative estimate of drug-likeness (QED) is 0.105. The van der Waals surface area contributed by atoms with Gasteiger partial charge < -0.3 is 4.90 Å². The zero-order valence-electron chi connectivity index (χ0n) is 20.9. The summed E-state index contributed by atoms with van der Waals surface area (Å²) in [6.45, 7) is 13.1. The van der Waals surface area contributed by atoms with Crippen molar-refractivity contribution < 1.29 is 4.79 Å². The second-order valence-corrected chi connectivity index (χ2v) is 8.84. The van der Waals surface area contributed by atoms with Crippen LogP contribution >= 0.6 is 0 Å². The average molecular weight is 421 g/mol. The van der Waals surface area contributed by atoms with E-state index in [1.807, 2.05) is 13.3 Å². The Hall–Kier alpha value is -1.12. The second-order valence-electron chi connectivity index (χ2n) is 8.84. The van der Waals surface area contributed by atoms with Crippen molar-refractivity contribution in [3.8, 4) is 0 Å². The van der Waals surface area contributed by atoms with Gasteiger partial charge in [0.2, 0.25) is 5.91 Å². The molecule has 0 bridgehead atoms. The van der Waals surface area contributed by atoms with Crippen LogP contribution in [0.15, 0.2) is 17.3 Å². The van der Waals surface area contributed by atoms with Gasteiger partial charge in [0.1, 0.15) is 0 Å². The van der Waals surface area contributed by atoms with Crippen molar-refractivity contribution in [2.45, 2.75) is 149 Å². The maximum absolute atomic E-state index is 11.9. The molecule has 0 aliphatic carbocycles. The highest BCUT2D eigenvalue weighted by atomic mass is 16.1. The minimum Gasteiger partial charge on any atom is -0.334 e. The van der Waals surface area contributed by atoms with Crippen LogP contribution < -0.4 is 0 Å². The highest BCUT2D eigenvalue weighted by Crippen LogP contribution is 2.23. The summed E-state index contributed by atoms with van der Waals surface area (Å²) in [4.78, 5) is 18.4. The van der Waals surface area contributed by atoms with Crippen LogP contribution in [0.1, 0.15) is 143 Å². The Bertz CT molecular complexity index is 430. The van der Waals surface area contributed by atoms with Gasteiger partial charge in [0.15, 0.2) is 0 Å². The zero-order chi connectivity index (χ0) is 22.5. The topological polar surface area (TPSA) is 32.7 Å². The van der Waals surface area contributed by atoms with E-state index in [0.29, 0.717) is 12.5 Å². The van der Waals surface area contributed by atoms with E-state index in [1.54, 1.807) is 0 Å². The van der Waals surface area contributed by atoms with E-state index < -0.39 is 0 Å². The van der Waals surface area contributed by atoms with Crippen molar-refractivity contribution in [2.75, 3.05) is 0 Å². The Kier molecular flexibility index (Phi) is 20.3. The van der Waals surface area contributed by atoms with E-state index in [4.69, 9.17) is 0 Å². The van der Waals surface area contributed by atoms with E-state index in [9.17, 15) is 4.79 Å². The molecule has 0 N–H and O–H groups in total. The van der Waals surface area contributed by atoms with Crippen LogP contribution in [0.4, 0.5) is 0 Å². The van der Waals surface area contributed by atoms with Gasteiger partial charge in [0.25, 0.3) is 0 Å². The fourth-order valence-corrected chi connectivity index (χ4v) is 3.93. The lowest BCUT2D eigenvalue weighted by Gasteiger charge is -2.32. The number of unbranched alkanes of at least 4 members (excludes halogenated alkanes) is 11. The van der Waals surface area contributed by atoms with Gasteiger partial charge in [-0.3, -0.25) is 4.79 Å². The standard InChI is InChI=1S/C27H52N2O/c1-6-10-13-16-19-22-26(23-20-17-14-11-7-2)29(24-28-27(30)9-4)25(5)21-18-15-12-8-3/h24,26H,5-23H2,1-4H3/b28-24-. The number of aliphatic imine (C=N–C) groups is 1. The molecule has 0 aliphatic rings. The van der Waals surface area contributed by atoms with Crippen molar-refractivity contribution in [3.63, 3.8) is 0 Å². The third kappa shape index (κ3) is 15.7. The Balaban J connectivity index is 5.05. The van der Waals surface area contributed by atoms with Crippen molar-refractivity contribution in [1.82, 2.24) is 4.90 Å². The van der Waals surface area contributed by atoms with Gasteiger partial charge in [0, 0.05) is 18.2 Å². The van der Waals surface area contributed by atoms with Gasteiger partial charge in [-0.15, -0.1) is 0 Å². The van der Waals surface area contributed by atoms with Crippen LogP contribution in [-0.2, 0) is 4.79 Å². The summed E-state index contributed by atoms with van der Waals surface area (Å²) >= 11 is 0. The summed E-state index contributed by atoms with van der Waals surface area (Å²) in [5.74, 6) is -0.0385. The minimum atomic E-state index is -0.0385. The monoisotopic (exact) mass is 420 g/mol. The van der Waals surface area contributed by atoms with Crippen LogP contribution in [0, 0.1) is 0 Å². The Morgan fingerprint density at radius 2 is 1.23 bits per heavy atom. The van der Waals surface area contributed by atoms with E-state index in [-0.39, 0.29) is 5.91 Å². The molecular weight excluding hydrogens is 368 g/mol. The summed E-state index contributed by atoms with van der Waals surface area (Å²) in [5.41, 5.74) is 1.14. The molecule has 0 radical (unpaired) electrons. The molecule has 0 atom stereocenters. The number of allylic oxidation sites excluding steroid dienone is 1. The molecule has 3 nitrogen and oxygen atoms in total. The summed E-state index contributed by atoms with van der Waals surface area (Å²) < 4.78 is 0. The first-order valence-electron chi connectivity index (χ1n) is 13.1. The van der Waals surface area contributed by atoms with E-state index >= 15 is 0 Å². The molecular formula is C27H52N2O. The highest BCUT2D eigenvalue weighted by molar-refractivity contribution is 5.84. The van der Waals surface area contributed by atoms with Crippen molar-refractivity contribution >= 4 is 12.2 Å². The third-order valence-corrected chi connectivity index (χ3v) is 5.99. The van der Waals surface area contributed by atoms with Crippen molar-refractivity contribution in [1.29, 1.82) is 0 Å². The molecule has 0 spiro atoms. The molecule has 0 saturated carbocycles. The molecule has 0 fully saturated rings. The number of hydrogen-bond donors (Lipinski definition) is 0. The molecule has 0 aliphatic heterocycles. The number of carbonyl (C=O) groups excluding carboxylic acids is 1. The fourth-order valence-electron chi connectivity index (χ4n) is 3.93. The average Bonchev–Trinajstić information content (AvgIpc) is 2.75. The van der Waals surface area contributed by atoms with Crippen LogP contribution in [0.5, 0.6) is 0 Å². The number of hydrogen-bond acceptors (Lipinski definition) is 1. The lowest BCUT2D eigenvalue weighted by molar-refractivity contribution is -0.117.